The highest BCUT2D eigenvalue weighted by Crippen LogP contribution is 2.39. The minimum Gasteiger partial charge on any atom is -0.497 e. The van der Waals surface area contributed by atoms with Gasteiger partial charge in [-0.3, -0.25) is 19.6 Å². The van der Waals surface area contributed by atoms with Crippen molar-refractivity contribution in [3.63, 3.8) is 0 Å². The fraction of sp³-hybridized carbons (Fsp3) is 0.125. The highest BCUT2D eigenvalue weighted by atomic mass is 32.1. The number of anilines is 2. The molecule has 0 spiro atoms. The third kappa shape index (κ3) is 2.47. The molecular weight excluding hydrogens is 358 g/mol. The molecule has 3 aromatic rings. The number of hydrogen-bond donors (Lipinski definition) is 5. The molecule has 2 aromatic heterocycles. The smallest absolute Gasteiger partial charge is 0.326 e. The minimum atomic E-state index is -0.669. The van der Waals surface area contributed by atoms with Crippen LogP contribution in [0.2, 0.25) is 0 Å². The minimum absolute atomic E-state index is 0.124. The number of aromatic amines is 4. The summed E-state index contributed by atoms with van der Waals surface area (Å²) in [7, 11) is 1.55. The summed E-state index contributed by atoms with van der Waals surface area (Å²) < 4.78 is 5.28. The molecule has 0 saturated heterocycles. The molecule has 1 atom stereocenters. The predicted molar refractivity (Wildman–Crippen MR) is 97.2 cm³/mol. The number of ether oxygens (including phenoxy) is 1. The number of rotatable bonds is 2. The van der Waals surface area contributed by atoms with E-state index in [0.717, 1.165) is 0 Å². The van der Waals surface area contributed by atoms with Crippen LogP contribution in [0.5, 0.6) is 5.75 Å². The van der Waals surface area contributed by atoms with Crippen LogP contribution < -0.4 is 26.9 Å². The molecule has 0 radical (unpaired) electrons. The molecule has 9 nitrogen and oxygen atoms in total. The topological polar surface area (TPSA) is 136 Å². The number of methoxy groups -OCH3 is 1. The molecule has 132 valence electrons. The molecule has 0 amide bonds. The van der Waals surface area contributed by atoms with E-state index in [2.05, 4.69) is 25.3 Å². The van der Waals surface area contributed by atoms with Crippen molar-refractivity contribution >= 4 is 23.7 Å². The van der Waals surface area contributed by atoms with Gasteiger partial charge in [-0.1, -0.05) is 12.1 Å². The molecule has 1 aliphatic heterocycles. The van der Waals surface area contributed by atoms with Gasteiger partial charge >= 0.3 is 5.69 Å². The fourth-order valence-electron chi connectivity index (χ4n) is 3.11. The van der Waals surface area contributed by atoms with Crippen LogP contribution in [0, 0.1) is 4.77 Å². The lowest BCUT2D eigenvalue weighted by Crippen LogP contribution is -2.34. The van der Waals surface area contributed by atoms with Crippen molar-refractivity contribution in [2.45, 2.75) is 5.92 Å². The van der Waals surface area contributed by atoms with Crippen LogP contribution in [0.3, 0.4) is 0 Å². The predicted octanol–water partition coefficient (Wildman–Crippen LogP) is 1.05. The first kappa shape index (κ1) is 16.1. The van der Waals surface area contributed by atoms with Gasteiger partial charge in [0.15, 0.2) is 4.77 Å². The van der Waals surface area contributed by atoms with Gasteiger partial charge in [0, 0.05) is 0 Å². The molecule has 0 aliphatic carbocycles. The quantitative estimate of drug-likeness (QED) is 0.334. The van der Waals surface area contributed by atoms with Gasteiger partial charge < -0.3 is 20.0 Å². The van der Waals surface area contributed by atoms with Crippen LogP contribution >= 0.6 is 12.2 Å². The maximum atomic E-state index is 12.6. The van der Waals surface area contributed by atoms with Crippen LogP contribution in [-0.4, -0.2) is 27.0 Å². The summed E-state index contributed by atoms with van der Waals surface area (Å²) in [4.78, 5) is 46.9. The molecule has 4 rings (SSSR count). The van der Waals surface area contributed by atoms with Gasteiger partial charge in [-0.05, 0) is 29.9 Å². The highest BCUT2D eigenvalue weighted by Gasteiger charge is 2.33. The average Bonchev–Trinajstić information content (AvgIpc) is 2.60. The van der Waals surface area contributed by atoms with Crippen molar-refractivity contribution in [3.8, 4) is 5.75 Å². The van der Waals surface area contributed by atoms with Gasteiger partial charge in [-0.2, -0.15) is 0 Å². The maximum absolute atomic E-state index is 12.6. The Hall–Kier alpha value is -3.40. The SMILES string of the molecule is COc1ccc(C2c3[nH]c(=O)[nH]c(=O)c3Nc3[nH]c(=S)[nH]c(=O)c32)cc1. The van der Waals surface area contributed by atoms with E-state index in [1.54, 1.807) is 31.4 Å². The van der Waals surface area contributed by atoms with E-state index in [-0.39, 0.29) is 10.5 Å². The molecule has 1 aromatic carbocycles. The Balaban J connectivity index is 2.06. The summed E-state index contributed by atoms with van der Waals surface area (Å²) in [5, 5.41) is 2.86. The van der Waals surface area contributed by atoms with E-state index in [4.69, 9.17) is 17.0 Å². The molecule has 26 heavy (non-hydrogen) atoms. The van der Waals surface area contributed by atoms with Crippen LogP contribution in [0.1, 0.15) is 22.7 Å². The van der Waals surface area contributed by atoms with Crippen molar-refractivity contribution in [2.24, 2.45) is 0 Å². The Bertz CT molecular complexity index is 1240. The zero-order valence-corrected chi connectivity index (χ0v) is 14.2. The lowest BCUT2D eigenvalue weighted by molar-refractivity contribution is 0.414. The lowest BCUT2D eigenvalue weighted by Gasteiger charge is -2.27. The van der Waals surface area contributed by atoms with Crippen LogP contribution in [0.25, 0.3) is 0 Å². The molecule has 0 saturated carbocycles. The Kier molecular flexibility index (Phi) is 3.62. The van der Waals surface area contributed by atoms with Gasteiger partial charge in [0.2, 0.25) is 0 Å². The lowest BCUT2D eigenvalue weighted by atomic mass is 9.86. The Morgan fingerprint density at radius 3 is 2.38 bits per heavy atom. The van der Waals surface area contributed by atoms with Gasteiger partial charge in [-0.15, -0.1) is 0 Å². The van der Waals surface area contributed by atoms with Crippen molar-refractivity contribution in [1.82, 2.24) is 19.9 Å². The van der Waals surface area contributed by atoms with Crippen LogP contribution in [-0.2, 0) is 0 Å². The van der Waals surface area contributed by atoms with Crippen molar-refractivity contribution in [2.75, 3.05) is 12.4 Å². The van der Waals surface area contributed by atoms with E-state index in [0.29, 0.717) is 28.4 Å². The van der Waals surface area contributed by atoms with Crippen molar-refractivity contribution in [3.05, 3.63) is 77.0 Å². The summed E-state index contributed by atoms with van der Waals surface area (Å²) in [6, 6.07) is 7.01. The standard InChI is InChI=1S/C16H13N5O4S/c1-25-7-4-2-6(3-5-7)8-9-12(19-16(26)21-13(9)22)17-11-10(8)18-15(24)20-14(11)23/h2-5,8H,1H3,(H2,18,20,23,24)(H3,17,19,21,22,26). The van der Waals surface area contributed by atoms with E-state index in [1.807, 2.05) is 0 Å². The van der Waals surface area contributed by atoms with E-state index < -0.39 is 22.7 Å². The molecule has 10 heteroatoms. The number of hydrogen-bond acceptors (Lipinski definition) is 6. The fourth-order valence-corrected chi connectivity index (χ4v) is 3.31. The Morgan fingerprint density at radius 1 is 0.962 bits per heavy atom. The second-order valence-electron chi connectivity index (χ2n) is 5.73. The highest BCUT2D eigenvalue weighted by molar-refractivity contribution is 7.71. The molecule has 1 aliphatic rings. The zero-order chi connectivity index (χ0) is 18.4. The van der Waals surface area contributed by atoms with Crippen LogP contribution in [0.15, 0.2) is 38.6 Å². The largest absolute Gasteiger partial charge is 0.497 e. The first-order valence-corrected chi connectivity index (χ1v) is 8.02. The second kappa shape index (κ2) is 5.85. The first-order chi connectivity index (χ1) is 12.5. The van der Waals surface area contributed by atoms with Gasteiger partial charge in [0.05, 0.1) is 24.3 Å². The number of fused-ring (bicyclic) bond motifs is 2. The zero-order valence-electron chi connectivity index (χ0n) is 13.4. The maximum Gasteiger partial charge on any atom is 0.326 e. The van der Waals surface area contributed by atoms with Gasteiger partial charge in [0.1, 0.15) is 17.3 Å². The average molecular weight is 371 g/mol. The number of nitrogens with one attached hydrogen (secondary N) is 5. The number of benzene rings is 1. The molecular formula is C16H13N5O4S. The van der Waals surface area contributed by atoms with E-state index in [9.17, 15) is 14.4 Å². The number of aromatic nitrogens is 4. The molecule has 0 fully saturated rings. The second-order valence-corrected chi connectivity index (χ2v) is 6.13. The third-order valence-electron chi connectivity index (χ3n) is 4.23. The third-order valence-corrected chi connectivity index (χ3v) is 4.43. The molecule has 1 unspecified atom stereocenters. The van der Waals surface area contributed by atoms with Crippen molar-refractivity contribution in [1.29, 1.82) is 0 Å². The number of H-pyrrole nitrogens is 4. The Labute approximate surface area is 150 Å². The van der Waals surface area contributed by atoms with Crippen LogP contribution in [0.4, 0.5) is 11.5 Å². The molecule has 5 N–H and O–H groups in total. The van der Waals surface area contributed by atoms with Gasteiger partial charge in [-0.25, -0.2) is 4.79 Å². The summed E-state index contributed by atoms with van der Waals surface area (Å²) in [6.45, 7) is 0. The summed E-state index contributed by atoms with van der Waals surface area (Å²) in [5.41, 5.74) is -0.194. The van der Waals surface area contributed by atoms with Gasteiger partial charge in [0.25, 0.3) is 11.1 Å². The van der Waals surface area contributed by atoms with E-state index >= 15 is 0 Å². The summed E-state index contributed by atoms with van der Waals surface area (Å²) in [5.74, 6) is 0.284. The monoisotopic (exact) mass is 371 g/mol. The van der Waals surface area contributed by atoms with Crippen molar-refractivity contribution < 1.29 is 4.74 Å². The molecule has 3 heterocycles. The normalized spacial score (nSPS) is 14.9. The first-order valence-electron chi connectivity index (χ1n) is 7.62. The van der Waals surface area contributed by atoms with E-state index in [1.165, 1.54) is 0 Å². The summed E-state index contributed by atoms with van der Waals surface area (Å²) >= 11 is 5.01. The summed E-state index contributed by atoms with van der Waals surface area (Å²) in [6.07, 6.45) is 0. The Morgan fingerprint density at radius 2 is 1.69 bits per heavy atom. The molecule has 0 bridgehead atoms.